The molecule has 1 heterocycles. The maximum absolute atomic E-state index is 13.9. The Labute approximate surface area is 570 Å². The molecule has 5 atom stereocenters. The predicted octanol–water partition coefficient (Wildman–Crippen LogP) is 13.3. The van der Waals surface area contributed by atoms with Gasteiger partial charge in [-0.15, -0.1) is 0 Å². The Bertz CT molecular complexity index is 2880. The van der Waals surface area contributed by atoms with E-state index in [0.717, 1.165) is 60.8 Å². The lowest BCUT2D eigenvalue weighted by Gasteiger charge is -2.44. The van der Waals surface area contributed by atoms with Crippen LogP contribution in [-0.2, 0) is 85.5 Å². The highest BCUT2D eigenvalue weighted by Crippen LogP contribution is 2.44. The van der Waals surface area contributed by atoms with Crippen LogP contribution in [0.2, 0.25) is 0 Å². The number of Topliss-reactive ketones (excluding diaryl/α,β-unsaturated/α-hetero) is 4. The molecule has 4 aromatic carbocycles. The molecule has 19 nitrogen and oxygen atoms in total. The fourth-order valence-electron chi connectivity index (χ4n) is 12.5. The van der Waals surface area contributed by atoms with Crippen LogP contribution in [0.15, 0.2) is 97.1 Å². The van der Waals surface area contributed by atoms with Crippen LogP contribution in [0.3, 0.4) is 0 Å². The highest BCUT2D eigenvalue weighted by atomic mass is 16.7. The van der Waals surface area contributed by atoms with Gasteiger partial charge in [-0.3, -0.25) is 33.6 Å². The van der Waals surface area contributed by atoms with Gasteiger partial charge < -0.3 is 58.4 Å². The lowest BCUT2D eigenvalue weighted by atomic mass is 9.70. The molecule has 1 saturated heterocycles. The Balaban J connectivity index is 1.03. The van der Waals surface area contributed by atoms with Crippen molar-refractivity contribution in [3.63, 3.8) is 0 Å². The first-order valence-electron chi connectivity index (χ1n) is 34.9. The summed E-state index contributed by atoms with van der Waals surface area (Å²) >= 11 is 0. The molecule has 2 amide bonds. The standard InChI is InChI=1S/C77H110N2O17/c1-9-21-66(83)36-39-76(40-37-67(84)22-10-2,41-38-68(85)26-20-42-90-43-44-91-45-46-92-47-48-93-75-74(78-58(5)81)57(4)56(3)72(96-75)55-94-59(6)82)52-69(86)25-18-13-11-12-14-19-27-73(87)79-65-50-60(53-80)49-61(51-65)54-95-77(62-23-16-15-17-24-62,63-28-32-70(88-7)33-29-63)64-30-34-71(89-8)35-31-64/h15-17,23-24,28-35,49-51,56-57,72,74-75,80H,9-14,18-22,25-27,36-48,52-55H2,1-8H3,(H,78,81)(H,79,87). The molecule has 1 fully saturated rings. The number of amides is 2. The Hall–Kier alpha value is -6.71. The van der Waals surface area contributed by atoms with Gasteiger partial charge in [0.15, 0.2) is 6.29 Å². The number of ether oxygens (including phenoxy) is 9. The Kier molecular flexibility index (Phi) is 36.9. The number of nitrogens with one attached hydrogen (secondary N) is 2. The summed E-state index contributed by atoms with van der Waals surface area (Å²) in [5, 5.41) is 16.3. The van der Waals surface area contributed by atoms with Crippen molar-refractivity contribution >= 4 is 46.6 Å². The Morgan fingerprint density at radius 1 is 0.542 bits per heavy atom. The number of ketones is 4. The molecule has 1 aliphatic rings. The summed E-state index contributed by atoms with van der Waals surface area (Å²) in [7, 11) is 3.26. The van der Waals surface area contributed by atoms with Gasteiger partial charge in [0, 0.05) is 83.9 Å². The summed E-state index contributed by atoms with van der Waals surface area (Å²) in [4.78, 5) is 90.1. The second-order valence-corrected chi connectivity index (χ2v) is 25.6. The molecule has 3 N–H and O–H groups in total. The van der Waals surface area contributed by atoms with Crippen molar-refractivity contribution in [3.8, 4) is 11.5 Å². The minimum Gasteiger partial charge on any atom is -0.497 e. The van der Waals surface area contributed by atoms with Crippen LogP contribution >= 0.6 is 0 Å². The van der Waals surface area contributed by atoms with E-state index in [4.69, 9.17) is 42.6 Å². The normalized spacial score (nSPS) is 16.4. The van der Waals surface area contributed by atoms with Crippen LogP contribution in [0, 0.1) is 17.3 Å². The molecular formula is C77H110N2O17. The highest BCUT2D eigenvalue weighted by molar-refractivity contribution is 5.91. The Morgan fingerprint density at radius 2 is 1.04 bits per heavy atom. The number of esters is 1. The molecule has 5 unspecified atom stereocenters. The molecule has 4 aromatic rings. The summed E-state index contributed by atoms with van der Waals surface area (Å²) in [5.74, 6) is 1.11. The van der Waals surface area contributed by atoms with Crippen LogP contribution in [0.1, 0.15) is 204 Å². The molecule has 0 radical (unpaired) electrons. The first-order chi connectivity index (χ1) is 46.4. The van der Waals surface area contributed by atoms with Gasteiger partial charge in [0.1, 0.15) is 46.8 Å². The molecule has 0 spiro atoms. The predicted molar refractivity (Wildman–Crippen MR) is 368 cm³/mol. The van der Waals surface area contributed by atoms with Gasteiger partial charge in [0.05, 0.1) is 79.2 Å². The lowest BCUT2D eigenvalue weighted by Crippen LogP contribution is -2.58. The van der Waals surface area contributed by atoms with Gasteiger partial charge in [-0.2, -0.15) is 0 Å². The number of benzene rings is 4. The first-order valence-corrected chi connectivity index (χ1v) is 34.9. The summed E-state index contributed by atoms with van der Waals surface area (Å²) in [5.41, 5.74) is 2.94. The van der Waals surface area contributed by atoms with E-state index in [1.165, 1.54) is 13.8 Å². The van der Waals surface area contributed by atoms with Crippen molar-refractivity contribution in [2.24, 2.45) is 17.3 Å². The monoisotopic (exact) mass is 1330 g/mol. The Morgan fingerprint density at radius 3 is 1.57 bits per heavy atom. The molecule has 1 aliphatic heterocycles. The number of hydrogen-bond acceptors (Lipinski definition) is 17. The van der Waals surface area contributed by atoms with Crippen molar-refractivity contribution in [2.45, 2.75) is 214 Å². The second-order valence-electron chi connectivity index (χ2n) is 25.6. The number of hydrogen-bond donors (Lipinski definition) is 3. The molecular weight excluding hydrogens is 1220 g/mol. The molecule has 530 valence electrons. The maximum atomic E-state index is 13.9. The second kappa shape index (κ2) is 44.3. The number of carbonyl (C=O) groups is 7. The SMILES string of the molecule is CCCC(=O)CCC(CCC(=O)CCC)(CCC(=O)CCCOCCOCCOCCOC1OC(COC(C)=O)C(C)C(C)C1NC(C)=O)CC(=O)CCCCCCCCC(=O)Nc1cc(CO)cc(COC(c2ccccc2)(c2ccc(OC)cc2)c2ccc(OC)cc2)c1. The fourth-order valence-corrected chi connectivity index (χ4v) is 12.5. The third-order valence-corrected chi connectivity index (χ3v) is 18.1. The number of carbonyl (C=O) groups excluding carboxylic acids is 7. The zero-order valence-electron chi connectivity index (χ0n) is 58.5. The molecule has 19 heteroatoms. The fraction of sp³-hybridized carbons (Fsp3) is 0.597. The van der Waals surface area contributed by atoms with Crippen molar-refractivity contribution in [1.82, 2.24) is 5.32 Å². The van der Waals surface area contributed by atoms with Crippen LogP contribution in [-0.4, -0.2) is 132 Å². The molecule has 0 bridgehead atoms. The van der Waals surface area contributed by atoms with Crippen LogP contribution < -0.4 is 20.1 Å². The molecule has 0 aromatic heterocycles. The minimum atomic E-state index is -1.06. The van der Waals surface area contributed by atoms with Gasteiger partial charge in [-0.1, -0.05) is 114 Å². The van der Waals surface area contributed by atoms with Crippen molar-refractivity contribution in [3.05, 3.63) is 125 Å². The van der Waals surface area contributed by atoms with E-state index in [1.54, 1.807) is 20.3 Å². The quantitative estimate of drug-likeness (QED) is 0.0211. The zero-order valence-corrected chi connectivity index (χ0v) is 58.5. The van der Waals surface area contributed by atoms with E-state index in [2.05, 4.69) is 10.6 Å². The third-order valence-electron chi connectivity index (χ3n) is 18.1. The number of aliphatic hydroxyl groups excluding tert-OH is 1. The molecule has 5 rings (SSSR count). The van der Waals surface area contributed by atoms with Gasteiger partial charge in [-0.25, -0.2) is 0 Å². The number of aliphatic hydroxyl groups is 1. The molecule has 96 heavy (non-hydrogen) atoms. The van der Waals surface area contributed by atoms with Gasteiger partial charge in [0.25, 0.3) is 0 Å². The van der Waals surface area contributed by atoms with Crippen LogP contribution in [0.4, 0.5) is 5.69 Å². The number of rotatable bonds is 51. The summed E-state index contributed by atoms with van der Waals surface area (Å²) < 4.78 is 52.6. The number of unbranched alkanes of at least 4 members (excludes halogenated alkanes) is 5. The van der Waals surface area contributed by atoms with Gasteiger partial charge in [0.2, 0.25) is 11.8 Å². The largest absolute Gasteiger partial charge is 0.497 e. The topological polar surface area (TPSA) is 247 Å². The summed E-state index contributed by atoms with van der Waals surface area (Å²) in [6, 6.07) is 30.8. The highest BCUT2D eigenvalue weighted by Gasteiger charge is 2.43. The number of methoxy groups -OCH3 is 2. The smallest absolute Gasteiger partial charge is 0.302 e. The summed E-state index contributed by atoms with van der Waals surface area (Å²) in [6.07, 6.45) is 10.1. The minimum absolute atomic E-state index is 0.000278. The van der Waals surface area contributed by atoms with Gasteiger partial charge in [-0.05, 0) is 133 Å². The van der Waals surface area contributed by atoms with E-state index >= 15 is 0 Å². The number of anilines is 1. The zero-order chi connectivity index (χ0) is 69.6. The lowest BCUT2D eigenvalue weighted by molar-refractivity contribution is -0.247. The molecule has 0 saturated carbocycles. The average Bonchev–Trinajstić information content (AvgIpc) is 0.756. The maximum Gasteiger partial charge on any atom is 0.302 e. The van der Waals surface area contributed by atoms with E-state index in [-0.39, 0.29) is 105 Å². The van der Waals surface area contributed by atoms with Crippen molar-refractivity contribution < 1.29 is 81.3 Å². The van der Waals surface area contributed by atoms with Crippen molar-refractivity contribution in [2.75, 3.05) is 72.4 Å². The van der Waals surface area contributed by atoms with Gasteiger partial charge >= 0.3 is 5.97 Å². The van der Waals surface area contributed by atoms with E-state index < -0.39 is 23.3 Å². The van der Waals surface area contributed by atoms with E-state index in [0.29, 0.717) is 139 Å². The van der Waals surface area contributed by atoms with E-state index in [1.807, 2.05) is 119 Å². The van der Waals surface area contributed by atoms with Crippen LogP contribution in [0.5, 0.6) is 11.5 Å². The van der Waals surface area contributed by atoms with Crippen molar-refractivity contribution in [1.29, 1.82) is 0 Å². The van der Waals surface area contributed by atoms with Crippen LogP contribution in [0.25, 0.3) is 0 Å². The van der Waals surface area contributed by atoms with E-state index in [9.17, 15) is 38.7 Å². The molecule has 0 aliphatic carbocycles. The third kappa shape index (κ3) is 28.0. The summed E-state index contributed by atoms with van der Waals surface area (Å²) in [6.45, 7) is 12.9. The first kappa shape index (κ1) is 80.0. The average molecular weight is 1340 g/mol.